The molecule has 0 unspecified atom stereocenters. The van der Waals surface area contributed by atoms with Gasteiger partial charge in [0.25, 0.3) is 0 Å². The normalized spacial score (nSPS) is 19.4. The van der Waals surface area contributed by atoms with Crippen LogP contribution in [0.5, 0.6) is 11.5 Å². The molecule has 0 bridgehead atoms. The van der Waals surface area contributed by atoms with Crippen LogP contribution in [-0.4, -0.2) is 34.3 Å². The topological polar surface area (TPSA) is 106 Å². The van der Waals surface area contributed by atoms with E-state index in [2.05, 4.69) is 0 Å². The summed E-state index contributed by atoms with van der Waals surface area (Å²) in [6, 6.07) is 1.61. The maximum atomic E-state index is 13.3. The fourth-order valence-electron chi connectivity index (χ4n) is 4.21. The molecular weight excluding hydrogens is 376 g/mol. The molecule has 1 aromatic carbocycles. The first kappa shape index (κ1) is 19.9. The first-order chi connectivity index (χ1) is 13.8. The number of aldehydes is 1. The molecule has 2 heterocycles. The fourth-order valence-corrected chi connectivity index (χ4v) is 4.21. The van der Waals surface area contributed by atoms with Crippen LogP contribution in [0.4, 0.5) is 0 Å². The van der Waals surface area contributed by atoms with E-state index >= 15 is 0 Å². The van der Waals surface area contributed by atoms with Crippen LogP contribution in [0.15, 0.2) is 15.3 Å². The Balaban J connectivity index is 1.94. The Bertz CT molecular complexity index is 993. The van der Waals surface area contributed by atoms with Gasteiger partial charge in [-0.25, -0.2) is 0 Å². The average Bonchev–Trinajstić information content (AvgIpc) is 3.32. The largest absolute Gasteiger partial charge is 0.489 e. The van der Waals surface area contributed by atoms with Gasteiger partial charge in [0.05, 0.1) is 11.7 Å². The van der Waals surface area contributed by atoms with E-state index in [1.807, 2.05) is 0 Å². The first-order valence-electron chi connectivity index (χ1n) is 10.1. The molecule has 2 N–H and O–H groups in total. The number of benzene rings is 1. The minimum Gasteiger partial charge on any atom is -0.489 e. The number of rotatable bonds is 6. The average molecular weight is 402 g/mol. The smallest absolute Gasteiger partial charge is 0.200 e. The van der Waals surface area contributed by atoms with E-state index in [9.17, 15) is 19.8 Å². The van der Waals surface area contributed by atoms with Crippen LogP contribution in [0.2, 0.25) is 0 Å². The third kappa shape index (κ3) is 3.53. The second-order valence-electron chi connectivity index (χ2n) is 8.41. The van der Waals surface area contributed by atoms with Crippen LogP contribution in [-0.2, 0) is 24.2 Å². The molecule has 1 aliphatic heterocycles. The minimum atomic E-state index is -1.08. The molecule has 2 aliphatic rings. The van der Waals surface area contributed by atoms with Crippen LogP contribution in [0.3, 0.4) is 0 Å². The van der Waals surface area contributed by atoms with Gasteiger partial charge in [-0.05, 0) is 39.5 Å². The van der Waals surface area contributed by atoms with Crippen LogP contribution < -0.4 is 14.9 Å². The Morgan fingerprint density at radius 2 is 2.03 bits per heavy atom. The van der Waals surface area contributed by atoms with Crippen molar-refractivity contribution in [2.24, 2.45) is 0 Å². The minimum absolute atomic E-state index is 0.00248. The van der Waals surface area contributed by atoms with E-state index in [4.69, 9.17) is 13.9 Å². The van der Waals surface area contributed by atoms with E-state index in [0.29, 0.717) is 24.2 Å². The zero-order chi connectivity index (χ0) is 20.8. The molecule has 0 spiro atoms. The summed E-state index contributed by atoms with van der Waals surface area (Å²) in [5.74, 6) is 0.993. The number of ether oxygens (including phenoxy) is 2. The standard InChI is InChI=1S/C22H26O7/c1-22(2,26)18-9-14-15(29-18)10-16-19(21(14)27-12-5-3-4-6-12)20(25)13(7-8-23)17(11-24)28-16/h8,10,12,18,24,26H,3-7,9,11H2,1-2H3/t18-/m1/s1. The van der Waals surface area contributed by atoms with Crippen LogP contribution >= 0.6 is 0 Å². The van der Waals surface area contributed by atoms with Crippen LogP contribution in [0.25, 0.3) is 11.0 Å². The Morgan fingerprint density at radius 1 is 1.31 bits per heavy atom. The fraction of sp³-hybridized carbons (Fsp3) is 0.545. The highest BCUT2D eigenvalue weighted by atomic mass is 16.5. The van der Waals surface area contributed by atoms with Crippen molar-refractivity contribution in [2.45, 2.75) is 76.8 Å². The number of aliphatic hydroxyl groups excluding tert-OH is 1. The molecule has 1 aromatic heterocycles. The molecule has 0 amide bonds. The number of fused-ring (bicyclic) bond motifs is 2. The van der Waals surface area contributed by atoms with Crippen LogP contribution in [0.1, 0.15) is 56.4 Å². The first-order valence-corrected chi connectivity index (χ1v) is 10.1. The van der Waals surface area contributed by atoms with Crippen molar-refractivity contribution in [3.05, 3.63) is 33.2 Å². The summed E-state index contributed by atoms with van der Waals surface area (Å²) in [5, 5.41) is 20.3. The Hall–Kier alpha value is -2.38. The number of aliphatic hydroxyl groups is 2. The van der Waals surface area contributed by atoms with Gasteiger partial charge < -0.3 is 28.9 Å². The summed E-state index contributed by atoms with van der Waals surface area (Å²) in [6.45, 7) is 2.86. The summed E-state index contributed by atoms with van der Waals surface area (Å²) in [6.07, 6.45) is 4.34. The molecule has 1 fully saturated rings. The van der Waals surface area contributed by atoms with Gasteiger partial charge in [0.15, 0.2) is 5.43 Å². The molecule has 1 saturated carbocycles. The van der Waals surface area contributed by atoms with Crippen molar-refractivity contribution in [3.8, 4) is 11.5 Å². The second kappa shape index (κ2) is 7.46. The van der Waals surface area contributed by atoms with Gasteiger partial charge in [-0.1, -0.05) is 0 Å². The van der Waals surface area contributed by atoms with Gasteiger partial charge in [0, 0.05) is 30.0 Å². The van der Waals surface area contributed by atoms with E-state index in [1.165, 1.54) is 0 Å². The molecule has 1 atom stereocenters. The molecule has 2 aromatic rings. The van der Waals surface area contributed by atoms with E-state index in [0.717, 1.165) is 31.2 Å². The molecule has 0 saturated heterocycles. The number of hydrogen-bond acceptors (Lipinski definition) is 7. The van der Waals surface area contributed by atoms with Gasteiger partial charge in [0.2, 0.25) is 0 Å². The van der Waals surface area contributed by atoms with Crippen molar-refractivity contribution in [1.29, 1.82) is 0 Å². The quantitative estimate of drug-likeness (QED) is 0.715. The van der Waals surface area contributed by atoms with Crippen molar-refractivity contribution in [2.75, 3.05) is 0 Å². The number of hydrogen-bond donors (Lipinski definition) is 2. The summed E-state index contributed by atoms with van der Waals surface area (Å²) < 4.78 is 18.1. The predicted molar refractivity (Wildman–Crippen MR) is 105 cm³/mol. The second-order valence-corrected chi connectivity index (χ2v) is 8.41. The van der Waals surface area contributed by atoms with Crippen molar-refractivity contribution in [3.63, 3.8) is 0 Å². The van der Waals surface area contributed by atoms with Gasteiger partial charge in [0.1, 0.15) is 47.2 Å². The highest BCUT2D eigenvalue weighted by molar-refractivity contribution is 5.88. The third-order valence-electron chi connectivity index (χ3n) is 5.84. The summed E-state index contributed by atoms with van der Waals surface area (Å²) in [4.78, 5) is 24.4. The molecule has 7 nitrogen and oxygen atoms in total. The van der Waals surface area contributed by atoms with E-state index < -0.39 is 18.3 Å². The lowest BCUT2D eigenvalue weighted by Crippen LogP contribution is -2.39. The van der Waals surface area contributed by atoms with Gasteiger partial charge >= 0.3 is 0 Å². The zero-order valence-corrected chi connectivity index (χ0v) is 16.7. The monoisotopic (exact) mass is 402 g/mol. The highest BCUT2D eigenvalue weighted by Gasteiger charge is 2.38. The Morgan fingerprint density at radius 3 is 2.66 bits per heavy atom. The SMILES string of the molecule is CC(C)(O)[C@H]1Cc2c(cc3oc(CO)c(CC=O)c(=O)c3c2OC2CCCC2)O1. The Labute approximate surface area is 168 Å². The summed E-state index contributed by atoms with van der Waals surface area (Å²) in [5.41, 5.74) is -0.324. The lowest BCUT2D eigenvalue weighted by atomic mass is 9.95. The van der Waals surface area contributed by atoms with E-state index in [1.54, 1.807) is 19.9 Å². The summed E-state index contributed by atoms with van der Waals surface area (Å²) >= 11 is 0. The van der Waals surface area contributed by atoms with Gasteiger partial charge in [-0.15, -0.1) is 0 Å². The predicted octanol–water partition coefficient (Wildman–Crippen LogP) is 2.42. The molecule has 7 heteroatoms. The maximum Gasteiger partial charge on any atom is 0.200 e. The number of carbonyl (C=O) groups excluding carboxylic acids is 1. The summed E-state index contributed by atoms with van der Waals surface area (Å²) in [7, 11) is 0. The van der Waals surface area contributed by atoms with Crippen LogP contribution in [0, 0.1) is 0 Å². The van der Waals surface area contributed by atoms with E-state index in [-0.39, 0.29) is 40.2 Å². The zero-order valence-electron chi connectivity index (χ0n) is 16.7. The Kier molecular flexibility index (Phi) is 5.12. The molecule has 0 radical (unpaired) electrons. The molecular formula is C22H26O7. The molecule has 4 rings (SSSR count). The van der Waals surface area contributed by atoms with Gasteiger partial charge in [-0.3, -0.25) is 4.79 Å². The maximum absolute atomic E-state index is 13.3. The van der Waals surface area contributed by atoms with Gasteiger partial charge in [-0.2, -0.15) is 0 Å². The molecule has 1 aliphatic carbocycles. The molecule has 29 heavy (non-hydrogen) atoms. The lowest BCUT2D eigenvalue weighted by molar-refractivity contribution is -0.107. The highest BCUT2D eigenvalue weighted by Crippen LogP contribution is 2.44. The third-order valence-corrected chi connectivity index (χ3v) is 5.84. The van der Waals surface area contributed by atoms with Crippen molar-refractivity contribution >= 4 is 17.3 Å². The van der Waals surface area contributed by atoms with Crippen molar-refractivity contribution < 1.29 is 28.9 Å². The van der Waals surface area contributed by atoms with Crippen molar-refractivity contribution in [1.82, 2.24) is 0 Å². The molecule has 156 valence electrons. The lowest BCUT2D eigenvalue weighted by Gasteiger charge is -2.24. The number of carbonyl (C=O) groups is 1.